The standard InChI is InChI=1S/C20H22N2O3S/c1-4-6-12-15-18(23)22-13(3)16(19(24)25-5-2)17(21-20(22)26-15)14-10-8-7-9-11-14/h7-12,17H,4-6H2,1-3H3/b15-12-/t17-/m0/s1. The Morgan fingerprint density at radius 1 is 1.31 bits per heavy atom. The van der Waals surface area contributed by atoms with Gasteiger partial charge >= 0.3 is 5.97 Å². The summed E-state index contributed by atoms with van der Waals surface area (Å²) in [5, 5.41) is 0. The van der Waals surface area contributed by atoms with Crippen LogP contribution in [-0.2, 0) is 9.53 Å². The van der Waals surface area contributed by atoms with Crippen LogP contribution in [0.3, 0.4) is 0 Å². The van der Waals surface area contributed by atoms with E-state index in [2.05, 4.69) is 6.92 Å². The van der Waals surface area contributed by atoms with E-state index in [1.165, 1.54) is 15.9 Å². The van der Waals surface area contributed by atoms with Gasteiger partial charge in [-0.2, -0.15) is 0 Å². The molecule has 3 rings (SSSR count). The van der Waals surface area contributed by atoms with E-state index in [1.54, 1.807) is 13.8 Å². The van der Waals surface area contributed by atoms with E-state index in [0.29, 0.717) is 20.6 Å². The molecule has 26 heavy (non-hydrogen) atoms. The second kappa shape index (κ2) is 7.83. The van der Waals surface area contributed by atoms with Crippen molar-refractivity contribution < 1.29 is 9.53 Å². The number of ether oxygens (including phenoxy) is 1. The van der Waals surface area contributed by atoms with E-state index in [4.69, 9.17) is 9.73 Å². The molecular formula is C20H22N2O3S. The van der Waals surface area contributed by atoms with E-state index < -0.39 is 12.0 Å². The van der Waals surface area contributed by atoms with Crippen LogP contribution in [0.15, 0.2) is 45.7 Å². The number of nitrogens with zero attached hydrogens (tertiary/aromatic N) is 2. The summed E-state index contributed by atoms with van der Waals surface area (Å²) in [6, 6.07) is 9.16. The number of hydrogen-bond acceptors (Lipinski definition) is 5. The summed E-state index contributed by atoms with van der Waals surface area (Å²) in [6.07, 6.45) is 3.76. The fourth-order valence-electron chi connectivity index (χ4n) is 3.01. The Morgan fingerprint density at radius 3 is 2.69 bits per heavy atom. The lowest BCUT2D eigenvalue weighted by molar-refractivity contribution is -0.138. The van der Waals surface area contributed by atoms with Gasteiger partial charge in [-0.1, -0.05) is 61.1 Å². The Hall–Kier alpha value is -2.47. The summed E-state index contributed by atoms with van der Waals surface area (Å²) < 4.78 is 7.46. The molecule has 0 spiro atoms. The lowest BCUT2D eigenvalue weighted by Gasteiger charge is -2.22. The highest BCUT2D eigenvalue weighted by atomic mass is 32.1. The molecule has 2 aromatic rings. The van der Waals surface area contributed by atoms with Gasteiger partial charge in [0.05, 0.1) is 16.7 Å². The van der Waals surface area contributed by atoms with Crippen LogP contribution in [0.4, 0.5) is 0 Å². The lowest BCUT2D eigenvalue weighted by atomic mass is 9.97. The number of carbonyl (C=O) groups is 1. The Labute approximate surface area is 156 Å². The van der Waals surface area contributed by atoms with Crippen molar-refractivity contribution >= 4 is 29.1 Å². The van der Waals surface area contributed by atoms with Gasteiger partial charge in [-0.05, 0) is 25.8 Å². The minimum Gasteiger partial charge on any atom is -0.463 e. The summed E-state index contributed by atoms with van der Waals surface area (Å²) in [5.74, 6) is -0.426. The lowest BCUT2D eigenvalue weighted by Crippen LogP contribution is -2.35. The first-order valence-electron chi connectivity index (χ1n) is 8.81. The highest BCUT2D eigenvalue weighted by molar-refractivity contribution is 7.07. The first kappa shape index (κ1) is 18.3. The van der Waals surface area contributed by atoms with E-state index in [9.17, 15) is 9.59 Å². The molecule has 0 bridgehead atoms. The molecule has 0 amide bonds. The molecule has 0 unspecified atom stereocenters. The molecule has 1 aliphatic rings. The second-order valence-corrected chi connectivity index (χ2v) is 7.05. The van der Waals surface area contributed by atoms with Crippen molar-refractivity contribution in [2.24, 2.45) is 4.99 Å². The third-order valence-corrected chi connectivity index (χ3v) is 5.31. The topological polar surface area (TPSA) is 60.7 Å². The average molecular weight is 370 g/mol. The van der Waals surface area contributed by atoms with Crippen LogP contribution < -0.4 is 14.9 Å². The number of unbranched alkanes of at least 4 members (excludes halogenated alkanes) is 1. The molecule has 1 atom stereocenters. The van der Waals surface area contributed by atoms with Crippen molar-refractivity contribution in [2.45, 2.75) is 39.7 Å². The number of esters is 1. The number of benzene rings is 1. The highest BCUT2D eigenvalue weighted by Crippen LogP contribution is 2.31. The number of thiazole rings is 1. The summed E-state index contributed by atoms with van der Waals surface area (Å²) in [7, 11) is 0. The molecule has 0 N–H and O–H groups in total. The van der Waals surface area contributed by atoms with Gasteiger partial charge in [0.2, 0.25) is 0 Å². The largest absolute Gasteiger partial charge is 0.463 e. The number of aromatic nitrogens is 1. The fourth-order valence-corrected chi connectivity index (χ4v) is 4.05. The molecule has 1 aliphatic heterocycles. The van der Waals surface area contributed by atoms with E-state index >= 15 is 0 Å². The van der Waals surface area contributed by atoms with Crippen molar-refractivity contribution in [1.82, 2.24) is 4.57 Å². The van der Waals surface area contributed by atoms with Gasteiger partial charge in [-0.3, -0.25) is 9.36 Å². The van der Waals surface area contributed by atoms with Gasteiger partial charge in [0.1, 0.15) is 6.04 Å². The first-order chi connectivity index (χ1) is 12.6. The minimum absolute atomic E-state index is 0.118. The Kier molecular flexibility index (Phi) is 5.52. The SMILES string of the molecule is CCC/C=c1\sc2n(c1=O)C(C)=C(C(=O)OCC)[C@H](c1ccccc1)N=2. The van der Waals surface area contributed by atoms with Gasteiger partial charge < -0.3 is 4.74 Å². The van der Waals surface area contributed by atoms with Crippen LogP contribution in [0.25, 0.3) is 11.8 Å². The van der Waals surface area contributed by atoms with Gasteiger partial charge in [0.15, 0.2) is 4.80 Å². The van der Waals surface area contributed by atoms with Crippen molar-refractivity contribution in [2.75, 3.05) is 6.61 Å². The summed E-state index contributed by atoms with van der Waals surface area (Å²) >= 11 is 1.37. The van der Waals surface area contributed by atoms with Crippen molar-refractivity contribution in [3.8, 4) is 0 Å². The summed E-state index contributed by atoms with van der Waals surface area (Å²) in [4.78, 5) is 30.8. The molecule has 0 radical (unpaired) electrons. The van der Waals surface area contributed by atoms with E-state index in [0.717, 1.165) is 18.4 Å². The molecule has 0 fully saturated rings. The molecule has 1 aromatic carbocycles. The van der Waals surface area contributed by atoms with E-state index in [1.807, 2.05) is 36.4 Å². The van der Waals surface area contributed by atoms with Crippen LogP contribution in [0, 0.1) is 0 Å². The van der Waals surface area contributed by atoms with Crippen LogP contribution in [-0.4, -0.2) is 17.1 Å². The maximum atomic E-state index is 12.8. The fraction of sp³-hybridized carbons (Fsp3) is 0.350. The van der Waals surface area contributed by atoms with Gasteiger partial charge in [-0.25, -0.2) is 9.79 Å². The van der Waals surface area contributed by atoms with Crippen LogP contribution in [0.2, 0.25) is 0 Å². The smallest absolute Gasteiger partial charge is 0.338 e. The van der Waals surface area contributed by atoms with E-state index in [-0.39, 0.29) is 12.2 Å². The van der Waals surface area contributed by atoms with Crippen LogP contribution in [0.5, 0.6) is 0 Å². The Morgan fingerprint density at radius 2 is 2.04 bits per heavy atom. The molecule has 2 heterocycles. The Bertz CT molecular complexity index is 1020. The summed E-state index contributed by atoms with van der Waals surface area (Å²) in [5.41, 5.74) is 1.81. The number of hydrogen-bond donors (Lipinski definition) is 0. The number of fused-ring (bicyclic) bond motifs is 1. The van der Waals surface area contributed by atoms with Crippen molar-refractivity contribution in [3.05, 3.63) is 61.2 Å². The van der Waals surface area contributed by atoms with Gasteiger partial charge in [-0.15, -0.1) is 0 Å². The second-order valence-electron chi connectivity index (χ2n) is 6.04. The molecule has 0 saturated carbocycles. The molecule has 1 aromatic heterocycles. The minimum atomic E-state index is -0.465. The molecule has 5 nitrogen and oxygen atoms in total. The molecule has 6 heteroatoms. The van der Waals surface area contributed by atoms with Crippen molar-refractivity contribution in [3.63, 3.8) is 0 Å². The van der Waals surface area contributed by atoms with Crippen LogP contribution in [0.1, 0.15) is 45.2 Å². The molecular weight excluding hydrogens is 348 g/mol. The quantitative estimate of drug-likeness (QED) is 0.760. The Balaban J connectivity index is 2.26. The molecule has 0 saturated heterocycles. The zero-order valence-electron chi connectivity index (χ0n) is 15.2. The third-order valence-electron chi connectivity index (χ3n) is 4.27. The maximum Gasteiger partial charge on any atom is 0.338 e. The molecule has 136 valence electrons. The zero-order valence-corrected chi connectivity index (χ0v) is 16.0. The number of carbonyl (C=O) groups excluding carboxylic acids is 1. The number of rotatable bonds is 5. The first-order valence-corrected chi connectivity index (χ1v) is 9.63. The van der Waals surface area contributed by atoms with Crippen LogP contribution >= 0.6 is 11.3 Å². The predicted octanol–water partition coefficient (Wildman–Crippen LogP) is 2.66. The predicted molar refractivity (Wildman–Crippen MR) is 103 cm³/mol. The highest BCUT2D eigenvalue weighted by Gasteiger charge is 2.31. The van der Waals surface area contributed by atoms with Gasteiger partial charge in [0.25, 0.3) is 5.56 Å². The summed E-state index contributed by atoms with van der Waals surface area (Å²) in [6.45, 7) is 5.91. The van der Waals surface area contributed by atoms with Crippen molar-refractivity contribution in [1.29, 1.82) is 0 Å². The average Bonchev–Trinajstić information content (AvgIpc) is 2.96. The number of allylic oxidation sites excluding steroid dienone is 1. The van der Waals surface area contributed by atoms with Gasteiger partial charge in [0, 0.05) is 5.70 Å². The maximum absolute atomic E-state index is 12.8. The molecule has 0 aliphatic carbocycles. The normalized spacial score (nSPS) is 17.0. The monoisotopic (exact) mass is 370 g/mol. The zero-order chi connectivity index (χ0) is 18.7. The third kappa shape index (κ3) is 3.29.